The van der Waals surface area contributed by atoms with Crippen LogP contribution in [0.2, 0.25) is 5.02 Å². The second-order valence-electron chi connectivity index (χ2n) is 5.92. The van der Waals surface area contributed by atoms with E-state index in [1.165, 1.54) is 18.2 Å². The van der Waals surface area contributed by atoms with Crippen LogP contribution in [0.5, 0.6) is 5.75 Å². The van der Waals surface area contributed by atoms with Crippen LogP contribution in [0.4, 0.5) is 13.2 Å². The van der Waals surface area contributed by atoms with E-state index in [4.69, 9.17) is 16.3 Å². The van der Waals surface area contributed by atoms with E-state index in [1.807, 2.05) is 20.8 Å². The van der Waals surface area contributed by atoms with Gasteiger partial charge in [0.05, 0.1) is 0 Å². The fraction of sp³-hybridized carbons (Fsp3) is 0.400. The monoisotopic (exact) mass is 318 g/mol. The molecule has 0 amide bonds. The van der Waals surface area contributed by atoms with Crippen LogP contribution in [0, 0.1) is 0 Å². The number of carbonyl (C=O) groups excluding carboxylic acids is 1. The van der Waals surface area contributed by atoms with Crippen LogP contribution in [0.25, 0.3) is 6.08 Å². The molecule has 0 N–H and O–H groups in total. The van der Waals surface area contributed by atoms with Crippen LogP contribution in [0.3, 0.4) is 0 Å². The van der Waals surface area contributed by atoms with E-state index in [9.17, 15) is 18.0 Å². The number of carbonyl (C=O) groups is 1. The predicted molar refractivity (Wildman–Crippen MR) is 74.7 cm³/mol. The first-order valence-electron chi connectivity index (χ1n) is 6.28. The zero-order valence-electron chi connectivity index (χ0n) is 11.7. The van der Waals surface area contributed by atoms with Crippen LogP contribution in [0.15, 0.2) is 17.7 Å². The molecule has 0 fully saturated rings. The first kappa shape index (κ1) is 15.9. The molecule has 114 valence electrons. The van der Waals surface area contributed by atoms with Gasteiger partial charge in [-0.15, -0.1) is 0 Å². The molecule has 0 aromatic heterocycles. The summed E-state index contributed by atoms with van der Waals surface area (Å²) in [6.07, 6.45) is -5.56. The SMILES string of the molecule is CC(C)(C)c1cc2c(cc1Cl)C=C(C=O)[C@@H](C(F)(F)F)O2. The molecule has 1 aliphatic rings. The minimum atomic E-state index is -4.65. The highest BCUT2D eigenvalue weighted by molar-refractivity contribution is 6.31. The molecule has 0 radical (unpaired) electrons. The van der Waals surface area contributed by atoms with Crippen LogP contribution >= 0.6 is 11.6 Å². The summed E-state index contributed by atoms with van der Waals surface area (Å²) in [4.78, 5) is 10.9. The molecule has 1 atom stereocenters. The normalized spacial score (nSPS) is 18.6. The molecule has 0 aliphatic carbocycles. The van der Waals surface area contributed by atoms with E-state index in [-0.39, 0.29) is 17.5 Å². The molecule has 1 heterocycles. The first-order chi connectivity index (χ1) is 9.54. The molecule has 21 heavy (non-hydrogen) atoms. The van der Waals surface area contributed by atoms with E-state index < -0.39 is 17.9 Å². The summed E-state index contributed by atoms with van der Waals surface area (Å²) in [5.41, 5.74) is 0.259. The van der Waals surface area contributed by atoms with Gasteiger partial charge in [-0.1, -0.05) is 32.4 Å². The topological polar surface area (TPSA) is 26.3 Å². The van der Waals surface area contributed by atoms with Crippen molar-refractivity contribution >= 4 is 24.0 Å². The van der Waals surface area contributed by atoms with Gasteiger partial charge in [-0.3, -0.25) is 4.79 Å². The molecule has 2 nitrogen and oxygen atoms in total. The van der Waals surface area contributed by atoms with E-state index in [2.05, 4.69) is 0 Å². The number of benzene rings is 1. The number of halogens is 4. The number of rotatable bonds is 1. The molecule has 1 aliphatic heterocycles. The van der Waals surface area contributed by atoms with Gasteiger partial charge in [-0.2, -0.15) is 13.2 Å². The maximum absolute atomic E-state index is 12.9. The highest BCUT2D eigenvalue weighted by Gasteiger charge is 2.46. The fourth-order valence-electron chi connectivity index (χ4n) is 2.16. The Balaban J connectivity index is 2.57. The number of aldehydes is 1. The lowest BCUT2D eigenvalue weighted by Gasteiger charge is -2.29. The van der Waals surface area contributed by atoms with Crippen LogP contribution in [0.1, 0.15) is 31.9 Å². The van der Waals surface area contributed by atoms with Gasteiger partial charge in [-0.25, -0.2) is 0 Å². The Hall–Kier alpha value is -1.49. The van der Waals surface area contributed by atoms with Crippen molar-refractivity contribution in [2.75, 3.05) is 0 Å². The molecule has 0 bridgehead atoms. The van der Waals surface area contributed by atoms with Gasteiger partial charge in [-0.05, 0) is 29.2 Å². The molecular weight excluding hydrogens is 305 g/mol. The van der Waals surface area contributed by atoms with Crippen LogP contribution in [-0.4, -0.2) is 18.6 Å². The third-order valence-corrected chi connectivity index (χ3v) is 3.52. The summed E-state index contributed by atoms with van der Waals surface area (Å²) in [5, 5.41) is 0.428. The highest BCUT2D eigenvalue weighted by Crippen LogP contribution is 2.41. The van der Waals surface area contributed by atoms with Crippen molar-refractivity contribution in [1.82, 2.24) is 0 Å². The third-order valence-electron chi connectivity index (χ3n) is 3.21. The summed E-state index contributed by atoms with van der Waals surface area (Å²) in [6, 6.07) is 3.03. The largest absolute Gasteiger partial charge is 0.475 e. The second kappa shape index (κ2) is 5.05. The van der Waals surface area contributed by atoms with E-state index in [0.717, 1.165) is 0 Å². The maximum Gasteiger partial charge on any atom is 0.429 e. The van der Waals surface area contributed by atoms with Crippen molar-refractivity contribution in [1.29, 1.82) is 0 Å². The van der Waals surface area contributed by atoms with Crippen LogP contribution < -0.4 is 4.74 Å². The Morgan fingerprint density at radius 1 is 1.24 bits per heavy atom. The van der Waals surface area contributed by atoms with Gasteiger partial charge in [0.2, 0.25) is 6.10 Å². The molecule has 6 heteroatoms. The minimum Gasteiger partial charge on any atom is -0.475 e. The van der Waals surface area contributed by atoms with Crippen molar-refractivity contribution in [2.45, 2.75) is 38.5 Å². The van der Waals surface area contributed by atoms with Gasteiger partial charge in [0, 0.05) is 16.2 Å². The van der Waals surface area contributed by atoms with Gasteiger partial charge < -0.3 is 4.74 Å². The summed E-state index contributed by atoms with van der Waals surface area (Å²) < 4.78 is 43.8. The summed E-state index contributed by atoms with van der Waals surface area (Å²) in [5.74, 6) is 0.0808. The van der Waals surface area contributed by atoms with E-state index in [0.29, 0.717) is 16.1 Å². The molecule has 0 saturated carbocycles. The molecular formula is C15H14ClF3O2. The van der Waals surface area contributed by atoms with E-state index >= 15 is 0 Å². The number of ether oxygens (including phenoxy) is 1. The van der Waals surface area contributed by atoms with E-state index in [1.54, 1.807) is 0 Å². The van der Waals surface area contributed by atoms with Gasteiger partial charge in [0.25, 0.3) is 0 Å². The molecule has 0 unspecified atom stereocenters. The Bertz CT molecular complexity index is 613. The third kappa shape index (κ3) is 3.07. The smallest absolute Gasteiger partial charge is 0.429 e. The lowest BCUT2D eigenvalue weighted by atomic mass is 9.85. The Kier molecular flexibility index (Phi) is 3.82. The van der Waals surface area contributed by atoms with Crippen molar-refractivity contribution < 1.29 is 22.7 Å². The second-order valence-corrected chi connectivity index (χ2v) is 6.33. The average molecular weight is 319 g/mol. The molecule has 2 rings (SSSR count). The molecule has 0 spiro atoms. The summed E-state index contributed by atoms with van der Waals surface area (Å²) in [7, 11) is 0. The number of alkyl halides is 3. The van der Waals surface area contributed by atoms with Gasteiger partial charge >= 0.3 is 6.18 Å². The zero-order valence-corrected chi connectivity index (χ0v) is 12.5. The van der Waals surface area contributed by atoms with Gasteiger partial charge in [0.15, 0.2) is 0 Å². The highest BCUT2D eigenvalue weighted by atomic mass is 35.5. The van der Waals surface area contributed by atoms with Crippen molar-refractivity contribution in [2.24, 2.45) is 0 Å². The fourth-order valence-corrected chi connectivity index (χ4v) is 2.62. The molecule has 1 aromatic carbocycles. The Morgan fingerprint density at radius 3 is 2.33 bits per heavy atom. The summed E-state index contributed by atoms with van der Waals surface area (Å²) in [6.45, 7) is 5.70. The van der Waals surface area contributed by atoms with Gasteiger partial charge in [0.1, 0.15) is 12.0 Å². The number of fused-ring (bicyclic) bond motifs is 1. The lowest BCUT2D eigenvalue weighted by Crippen LogP contribution is -2.38. The number of hydrogen-bond donors (Lipinski definition) is 0. The number of hydrogen-bond acceptors (Lipinski definition) is 2. The quantitative estimate of drug-likeness (QED) is 0.710. The predicted octanol–water partition coefficient (Wildman–Crippen LogP) is 4.54. The first-order valence-corrected chi connectivity index (χ1v) is 6.66. The zero-order chi connectivity index (χ0) is 16.0. The van der Waals surface area contributed by atoms with Crippen LogP contribution in [-0.2, 0) is 10.2 Å². The maximum atomic E-state index is 12.9. The standard InChI is InChI=1S/C15H14ClF3O2/c1-14(2,3)10-6-12-8(5-11(10)16)4-9(7-20)13(21-12)15(17,18)19/h4-7,13H,1-3H3/t13-/m0/s1. The Labute approximate surface area is 125 Å². The lowest BCUT2D eigenvalue weighted by molar-refractivity contribution is -0.184. The van der Waals surface area contributed by atoms with Crippen molar-refractivity contribution in [3.8, 4) is 5.75 Å². The minimum absolute atomic E-state index is 0.0808. The molecule has 0 saturated heterocycles. The summed E-state index contributed by atoms with van der Waals surface area (Å²) >= 11 is 6.17. The van der Waals surface area contributed by atoms with Crippen molar-refractivity contribution in [3.05, 3.63) is 33.9 Å². The average Bonchev–Trinajstić information content (AvgIpc) is 2.33. The molecule has 1 aromatic rings. The Morgan fingerprint density at radius 2 is 1.86 bits per heavy atom. The van der Waals surface area contributed by atoms with Crippen molar-refractivity contribution in [3.63, 3.8) is 0 Å².